The third-order valence-corrected chi connectivity index (χ3v) is 3.02. The maximum Gasteiger partial charge on any atom is 0.416 e. The van der Waals surface area contributed by atoms with E-state index in [0.717, 1.165) is 11.6 Å². The molecule has 18 heavy (non-hydrogen) atoms. The third-order valence-electron chi connectivity index (χ3n) is 2.52. The van der Waals surface area contributed by atoms with Gasteiger partial charge in [-0.2, -0.15) is 13.2 Å². The molecule has 100 valence electrons. The van der Waals surface area contributed by atoms with Crippen molar-refractivity contribution in [2.75, 3.05) is 0 Å². The van der Waals surface area contributed by atoms with Crippen LogP contribution in [0.5, 0.6) is 0 Å². The van der Waals surface area contributed by atoms with E-state index in [2.05, 4.69) is 22.5 Å². The predicted octanol–water partition coefficient (Wildman–Crippen LogP) is 4.86. The Kier molecular flexibility index (Phi) is 4.99. The summed E-state index contributed by atoms with van der Waals surface area (Å²) >= 11 is 3.00. The van der Waals surface area contributed by atoms with Crippen LogP contribution in [0.15, 0.2) is 34.8 Å². The van der Waals surface area contributed by atoms with Crippen LogP contribution in [-0.2, 0) is 6.18 Å². The van der Waals surface area contributed by atoms with Gasteiger partial charge in [-0.3, -0.25) is 0 Å². The topological polar surface area (TPSA) is 20.2 Å². The molecule has 1 nitrogen and oxygen atoms in total. The van der Waals surface area contributed by atoms with E-state index < -0.39 is 17.8 Å². The second-order valence-electron chi connectivity index (χ2n) is 4.24. The van der Waals surface area contributed by atoms with Gasteiger partial charge >= 0.3 is 6.18 Å². The highest BCUT2D eigenvalue weighted by Gasteiger charge is 2.35. The van der Waals surface area contributed by atoms with Gasteiger partial charge in [0.2, 0.25) is 0 Å². The Labute approximate surface area is 112 Å². The van der Waals surface area contributed by atoms with Gasteiger partial charge in [-0.1, -0.05) is 27.6 Å². The molecule has 0 radical (unpaired) electrons. The van der Waals surface area contributed by atoms with E-state index >= 15 is 0 Å². The van der Waals surface area contributed by atoms with Gasteiger partial charge in [0.05, 0.1) is 11.7 Å². The normalized spacial score (nSPS) is 13.4. The molecule has 0 saturated heterocycles. The fraction of sp³-hybridized carbons (Fsp3) is 0.385. The van der Waals surface area contributed by atoms with Crippen molar-refractivity contribution >= 4 is 15.9 Å². The van der Waals surface area contributed by atoms with Gasteiger partial charge in [0.1, 0.15) is 0 Å². The summed E-state index contributed by atoms with van der Waals surface area (Å²) in [5.74, 6) is 0. The highest BCUT2D eigenvalue weighted by atomic mass is 79.9. The summed E-state index contributed by atoms with van der Waals surface area (Å²) in [5, 5.41) is 9.85. The number of rotatable bonds is 4. The number of allylic oxidation sites excluding steroid dienone is 1. The van der Waals surface area contributed by atoms with E-state index in [0.29, 0.717) is 10.9 Å². The Bertz CT molecular complexity index is 440. The Morgan fingerprint density at radius 3 is 2.56 bits per heavy atom. The number of halogens is 4. The second-order valence-corrected chi connectivity index (χ2v) is 5.16. The minimum atomic E-state index is -4.47. The lowest BCUT2D eigenvalue weighted by Crippen LogP contribution is -2.12. The highest BCUT2D eigenvalue weighted by Crippen LogP contribution is 2.37. The molecular formula is C13H14BrF3O. The molecule has 0 aliphatic rings. The maximum absolute atomic E-state index is 12.8. The summed E-state index contributed by atoms with van der Waals surface area (Å²) in [6.45, 7) is 5.44. The molecule has 1 aromatic rings. The van der Waals surface area contributed by atoms with Gasteiger partial charge in [0.15, 0.2) is 0 Å². The fourth-order valence-corrected chi connectivity index (χ4v) is 1.96. The Hall–Kier alpha value is -0.810. The molecular weight excluding hydrogens is 309 g/mol. The average Bonchev–Trinajstić information content (AvgIpc) is 2.24. The minimum absolute atomic E-state index is 0.0908. The van der Waals surface area contributed by atoms with Crippen LogP contribution < -0.4 is 0 Å². The van der Waals surface area contributed by atoms with Gasteiger partial charge in [-0.05, 0) is 37.5 Å². The lowest BCUT2D eigenvalue weighted by atomic mass is 9.97. The molecule has 1 atom stereocenters. The number of alkyl halides is 3. The molecule has 0 saturated carbocycles. The van der Waals surface area contributed by atoms with Crippen LogP contribution in [0.1, 0.15) is 37.0 Å². The van der Waals surface area contributed by atoms with Crippen molar-refractivity contribution in [2.24, 2.45) is 0 Å². The molecule has 1 rings (SSSR count). The fourth-order valence-electron chi connectivity index (χ4n) is 1.60. The largest absolute Gasteiger partial charge is 0.416 e. The first kappa shape index (κ1) is 15.2. The molecule has 0 fully saturated rings. The SMILES string of the molecule is C=C(C)CCC(O)c1ccc(Br)cc1C(F)(F)F. The monoisotopic (exact) mass is 322 g/mol. The second kappa shape index (κ2) is 5.89. The molecule has 0 heterocycles. The van der Waals surface area contributed by atoms with Crippen LogP contribution in [0.4, 0.5) is 13.2 Å². The quantitative estimate of drug-likeness (QED) is 0.785. The van der Waals surface area contributed by atoms with Crippen LogP contribution in [-0.4, -0.2) is 5.11 Å². The van der Waals surface area contributed by atoms with Crippen molar-refractivity contribution in [3.05, 3.63) is 46.0 Å². The van der Waals surface area contributed by atoms with Crippen LogP contribution in [0.3, 0.4) is 0 Å². The highest BCUT2D eigenvalue weighted by molar-refractivity contribution is 9.10. The summed E-state index contributed by atoms with van der Waals surface area (Å²) in [5.41, 5.74) is -0.0576. The van der Waals surface area contributed by atoms with Crippen LogP contribution in [0.25, 0.3) is 0 Å². The molecule has 1 aromatic carbocycles. The molecule has 0 bridgehead atoms. The molecule has 0 aromatic heterocycles. The summed E-state index contributed by atoms with van der Waals surface area (Å²) in [6.07, 6.45) is -4.87. The van der Waals surface area contributed by atoms with Crippen molar-refractivity contribution in [3.8, 4) is 0 Å². The maximum atomic E-state index is 12.8. The number of benzene rings is 1. The van der Waals surface area contributed by atoms with E-state index in [1.54, 1.807) is 6.92 Å². The molecule has 0 aliphatic heterocycles. The Balaban J connectivity index is 3.04. The zero-order chi connectivity index (χ0) is 13.9. The Morgan fingerprint density at radius 2 is 2.06 bits per heavy atom. The van der Waals surface area contributed by atoms with Crippen molar-refractivity contribution in [1.29, 1.82) is 0 Å². The van der Waals surface area contributed by atoms with E-state index in [1.807, 2.05) is 0 Å². The van der Waals surface area contributed by atoms with Crippen molar-refractivity contribution in [2.45, 2.75) is 32.0 Å². The molecule has 0 aliphatic carbocycles. The molecule has 0 spiro atoms. The molecule has 0 amide bonds. The minimum Gasteiger partial charge on any atom is -0.388 e. The summed E-state index contributed by atoms with van der Waals surface area (Å²) < 4.78 is 38.9. The summed E-state index contributed by atoms with van der Waals surface area (Å²) in [6, 6.07) is 3.78. The van der Waals surface area contributed by atoms with Crippen LogP contribution >= 0.6 is 15.9 Å². The molecule has 5 heteroatoms. The average molecular weight is 323 g/mol. The molecule has 1 unspecified atom stereocenters. The summed E-state index contributed by atoms with van der Waals surface area (Å²) in [7, 11) is 0. The van der Waals surface area contributed by atoms with Crippen LogP contribution in [0.2, 0.25) is 0 Å². The predicted molar refractivity (Wildman–Crippen MR) is 68.2 cm³/mol. The lowest BCUT2D eigenvalue weighted by molar-refractivity contribution is -0.139. The van der Waals surface area contributed by atoms with Gasteiger partial charge < -0.3 is 5.11 Å². The molecule has 1 N–H and O–H groups in total. The van der Waals surface area contributed by atoms with Gasteiger partial charge in [-0.15, -0.1) is 6.58 Å². The van der Waals surface area contributed by atoms with Crippen LogP contribution in [0, 0.1) is 0 Å². The van der Waals surface area contributed by atoms with Gasteiger partial charge in [-0.25, -0.2) is 0 Å². The first-order valence-corrected chi connectivity index (χ1v) is 6.20. The van der Waals surface area contributed by atoms with Crippen molar-refractivity contribution < 1.29 is 18.3 Å². The first-order valence-electron chi connectivity index (χ1n) is 5.41. The third kappa shape index (κ3) is 4.14. The number of hydrogen-bond donors (Lipinski definition) is 1. The zero-order valence-electron chi connectivity index (χ0n) is 9.89. The smallest absolute Gasteiger partial charge is 0.388 e. The summed E-state index contributed by atoms with van der Waals surface area (Å²) in [4.78, 5) is 0. The van der Waals surface area contributed by atoms with Crippen molar-refractivity contribution in [1.82, 2.24) is 0 Å². The van der Waals surface area contributed by atoms with E-state index in [1.165, 1.54) is 12.1 Å². The number of aliphatic hydroxyl groups excluding tert-OH is 1. The number of hydrogen-bond acceptors (Lipinski definition) is 1. The van der Waals surface area contributed by atoms with Crippen molar-refractivity contribution in [3.63, 3.8) is 0 Å². The van der Waals surface area contributed by atoms with Gasteiger partial charge in [0.25, 0.3) is 0 Å². The van der Waals surface area contributed by atoms with E-state index in [-0.39, 0.29) is 12.0 Å². The zero-order valence-corrected chi connectivity index (χ0v) is 11.5. The standard InChI is InChI=1S/C13H14BrF3O/c1-8(2)3-6-12(18)10-5-4-9(14)7-11(10)13(15,16)17/h4-5,7,12,18H,1,3,6H2,2H3. The van der Waals surface area contributed by atoms with Gasteiger partial charge in [0, 0.05) is 4.47 Å². The Morgan fingerprint density at radius 1 is 1.44 bits per heavy atom. The number of aliphatic hydroxyl groups is 1. The first-order chi connectivity index (χ1) is 8.21. The van der Waals surface area contributed by atoms with E-state index in [4.69, 9.17) is 0 Å². The lowest BCUT2D eigenvalue weighted by Gasteiger charge is -2.18. The van der Waals surface area contributed by atoms with E-state index in [9.17, 15) is 18.3 Å².